The summed E-state index contributed by atoms with van der Waals surface area (Å²) in [7, 11) is 0. The van der Waals surface area contributed by atoms with E-state index in [0.717, 1.165) is 5.92 Å². The Bertz CT molecular complexity index is 148. The molecule has 0 fully saturated rings. The Morgan fingerprint density at radius 2 is 1.50 bits per heavy atom. The van der Waals surface area contributed by atoms with Crippen LogP contribution in [0.5, 0.6) is 0 Å². The van der Waals surface area contributed by atoms with Crippen LogP contribution >= 0.6 is 0 Å². The van der Waals surface area contributed by atoms with Crippen molar-refractivity contribution < 1.29 is 0 Å². The molecule has 0 aliphatic rings. The van der Waals surface area contributed by atoms with E-state index in [1.807, 2.05) is 6.08 Å². The van der Waals surface area contributed by atoms with Crippen LogP contribution in [0.4, 0.5) is 0 Å². The van der Waals surface area contributed by atoms with Crippen LogP contribution in [0, 0.1) is 18.4 Å². The van der Waals surface area contributed by atoms with Gasteiger partial charge in [-0.15, -0.1) is 0 Å². The summed E-state index contributed by atoms with van der Waals surface area (Å²) < 4.78 is 0. The van der Waals surface area contributed by atoms with Crippen molar-refractivity contribution in [2.75, 3.05) is 0 Å². The van der Waals surface area contributed by atoms with Crippen molar-refractivity contribution in [3.8, 4) is 0 Å². The first-order valence-electron chi connectivity index (χ1n) is 7.25. The first-order valence-corrected chi connectivity index (χ1v) is 7.25. The summed E-state index contributed by atoms with van der Waals surface area (Å²) in [6.45, 7) is 12.4. The standard InChI is InChI=1S/C16H31/c1-5-7-8-9-10-11-12-13-16(4)14-15(3)6-2/h2,6,15-16H,5,7-14H2,1,3-4H3. The quantitative estimate of drug-likeness (QED) is 0.390. The highest BCUT2D eigenvalue weighted by molar-refractivity contribution is 4.73. The fraction of sp³-hybridized carbons (Fsp3) is 0.875. The van der Waals surface area contributed by atoms with E-state index >= 15 is 0 Å². The summed E-state index contributed by atoms with van der Waals surface area (Å²) >= 11 is 0. The SMILES string of the molecule is [CH]=CC(C)CC(C)CCCCCCCCC. The van der Waals surface area contributed by atoms with Gasteiger partial charge >= 0.3 is 0 Å². The van der Waals surface area contributed by atoms with E-state index in [4.69, 9.17) is 6.58 Å². The van der Waals surface area contributed by atoms with Gasteiger partial charge in [-0.2, -0.15) is 0 Å². The maximum absolute atomic E-state index is 5.52. The van der Waals surface area contributed by atoms with Crippen molar-refractivity contribution in [3.63, 3.8) is 0 Å². The minimum absolute atomic E-state index is 0.583. The molecule has 0 aromatic heterocycles. The zero-order valence-corrected chi connectivity index (χ0v) is 11.7. The molecule has 0 saturated heterocycles. The molecule has 2 atom stereocenters. The Hall–Kier alpha value is -0.260. The van der Waals surface area contributed by atoms with Gasteiger partial charge in [0.05, 0.1) is 0 Å². The normalized spacial score (nSPS) is 14.7. The topological polar surface area (TPSA) is 0 Å². The first-order chi connectivity index (χ1) is 7.70. The molecule has 0 amide bonds. The predicted molar refractivity (Wildman–Crippen MR) is 74.4 cm³/mol. The van der Waals surface area contributed by atoms with Gasteiger partial charge in [-0.25, -0.2) is 0 Å². The molecule has 0 nitrogen and oxygen atoms in total. The first kappa shape index (κ1) is 15.7. The maximum atomic E-state index is 5.52. The molecule has 0 spiro atoms. The van der Waals surface area contributed by atoms with Gasteiger partial charge in [-0.05, 0) is 18.3 Å². The van der Waals surface area contributed by atoms with Crippen LogP contribution in [0.3, 0.4) is 0 Å². The molecule has 0 heterocycles. The van der Waals surface area contributed by atoms with Gasteiger partial charge in [0.1, 0.15) is 0 Å². The van der Waals surface area contributed by atoms with Crippen molar-refractivity contribution in [3.05, 3.63) is 12.7 Å². The van der Waals surface area contributed by atoms with Gasteiger partial charge in [0, 0.05) is 0 Å². The summed E-state index contributed by atoms with van der Waals surface area (Å²) in [4.78, 5) is 0. The van der Waals surface area contributed by atoms with Crippen LogP contribution in [-0.4, -0.2) is 0 Å². The molecule has 2 unspecified atom stereocenters. The smallest absolute Gasteiger partial charge is 0.0256 e. The van der Waals surface area contributed by atoms with Crippen LogP contribution in [0.25, 0.3) is 0 Å². The van der Waals surface area contributed by atoms with Gasteiger partial charge in [-0.1, -0.05) is 84.8 Å². The van der Waals surface area contributed by atoms with Gasteiger partial charge in [0.25, 0.3) is 0 Å². The Morgan fingerprint density at radius 1 is 0.938 bits per heavy atom. The number of rotatable bonds is 11. The second-order valence-electron chi connectivity index (χ2n) is 5.42. The summed E-state index contributed by atoms with van der Waals surface area (Å²) in [5.74, 6) is 1.42. The molecule has 16 heavy (non-hydrogen) atoms. The van der Waals surface area contributed by atoms with Gasteiger partial charge in [0.2, 0.25) is 0 Å². The fourth-order valence-corrected chi connectivity index (χ4v) is 2.28. The van der Waals surface area contributed by atoms with Gasteiger partial charge in [0.15, 0.2) is 0 Å². The van der Waals surface area contributed by atoms with E-state index in [9.17, 15) is 0 Å². The van der Waals surface area contributed by atoms with Crippen molar-refractivity contribution in [1.29, 1.82) is 0 Å². The van der Waals surface area contributed by atoms with Crippen LogP contribution < -0.4 is 0 Å². The molecule has 0 heteroatoms. The van der Waals surface area contributed by atoms with Crippen LogP contribution in [-0.2, 0) is 0 Å². The molecule has 0 aromatic rings. The average Bonchev–Trinajstić information content (AvgIpc) is 2.27. The Balaban J connectivity index is 3.21. The summed E-state index contributed by atoms with van der Waals surface area (Å²) in [5, 5.41) is 0. The second-order valence-corrected chi connectivity index (χ2v) is 5.42. The number of allylic oxidation sites excluding steroid dienone is 1. The Morgan fingerprint density at radius 3 is 2.06 bits per heavy atom. The highest BCUT2D eigenvalue weighted by Crippen LogP contribution is 2.19. The van der Waals surface area contributed by atoms with Crippen LogP contribution in [0.2, 0.25) is 0 Å². The molecule has 0 saturated carbocycles. The monoisotopic (exact) mass is 223 g/mol. The van der Waals surface area contributed by atoms with Gasteiger partial charge < -0.3 is 0 Å². The van der Waals surface area contributed by atoms with Crippen molar-refractivity contribution in [1.82, 2.24) is 0 Å². The number of unbranched alkanes of at least 4 members (excludes halogenated alkanes) is 6. The molecular weight excluding hydrogens is 192 g/mol. The van der Waals surface area contributed by atoms with Crippen LogP contribution in [0.1, 0.15) is 78.6 Å². The highest BCUT2D eigenvalue weighted by Gasteiger charge is 2.05. The molecule has 0 aliphatic carbocycles. The molecule has 0 rings (SSSR count). The average molecular weight is 223 g/mol. The molecule has 0 bridgehead atoms. The van der Waals surface area contributed by atoms with E-state index in [1.165, 1.54) is 57.8 Å². The molecule has 1 radical (unpaired) electrons. The summed E-state index contributed by atoms with van der Waals surface area (Å²) in [6.07, 6.45) is 14.4. The predicted octanol–water partition coefficient (Wildman–Crippen LogP) is 5.78. The minimum atomic E-state index is 0.583. The fourth-order valence-electron chi connectivity index (χ4n) is 2.28. The molecule has 0 aromatic carbocycles. The highest BCUT2D eigenvalue weighted by atomic mass is 14.1. The third-order valence-corrected chi connectivity index (χ3v) is 3.40. The maximum Gasteiger partial charge on any atom is -0.0256 e. The van der Waals surface area contributed by atoms with Gasteiger partial charge in [-0.3, -0.25) is 0 Å². The summed E-state index contributed by atoms with van der Waals surface area (Å²) in [5.41, 5.74) is 0. The Labute approximate surface area is 104 Å². The van der Waals surface area contributed by atoms with Crippen molar-refractivity contribution in [2.45, 2.75) is 78.6 Å². The summed E-state index contributed by atoms with van der Waals surface area (Å²) in [6, 6.07) is 0. The van der Waals surface area contributed by atoms with E-state index in [2.05, 4.69) is 20.8 Å². The lowest BCUT2D eigenvalue weighted by Crippen LogP contribution is -2.00. The zero-order valence-electron chi connectivity index (χ0n) is 11.7. The van der Waals surface area contributed by atoms with Crippen LogP contribution in [0.15, 0.2) is 6.08 Å². The number of hydrogen-bond acceptors (Lipinski definition) is 0. The molecule has 0 aliphatic heterocycles. The van der Waals surface area contributed by atoms with E-state index in [0.29, 0.717) is 5.92 Å². The number of hydrogen-bond donors (Lipinski definition) is 0. The molecular formula is C16H31. The third kappa shape index (κ3) is 10.3. The molecule has 0 N–H and O–H groups in total. The van der Waals surface area contributed by atoms with E-state index in [-0.39, 0.29) is 0 Å². The third-order valence-electron chi connectivity index (χ3n) is 3.40. The van der Waals surface area contributed by atoms with Crippen molar-refractivity contribution in [2.24, 2.45) is 11.8 Å². The zero-order chi connectivity index (χ0) is 12.2. The lowest BCUT2D eigenvalue weighted by atomic mass is 9.92. The minimum Gasteiger partial charge on any atom is -0.0817 e. The van der Waals surface area contributed by atoms with E-state index in [1.54, 1.807) is 0 Å². The van der Waals surface area contributed by atoms with Crippen molar-refractivity contribution >= 4 is 0 Å². The van der Waals surface area contributed by atoms with E-state index < -0.39 is 0 Å². The lowest BCUT2D eigenvalue weighted by Gasteiger charge is -2.13. The Kier molecular flexibility index (Phi) is 11.0. The molecule has 95 valence electrons. The lowest BCUT2D eigenvalue weighted by molar-refractivity contribution is 0.416. The second kappa shape index (κ2) is 11.2. The largest absolute Gasteiger partial charge is 0.0817 e.